The van der Waals surface area contributed by atoms with Gasteiger partial charge >= 0.3 is 0 Å². The third kappa shape index (κ3) is 3.32. The van der Waals surface area contributed by atoms with Crippen LogP contribution in [0, 0.1) is 5.41 Å². The quantitative estimate of drug-likeness (QED) is 0.671. The van der Waals surface area contributed by atoms with Crippen LogP contribution >= 0.6 is 11.6 Å². The Morgan fingerprint density at radius 2 is 1.92 bits per heavy atom. The Morgan fingerprint density at radius 3 is 2.25 bits per heavy atom. The molecule has 2 heteroatoms. The molecule has 1 fully saturated rings. The van der Waals surface area contributed by atoms with E-state index in [-0.39, 0.29) is 0 Å². The van der Waals surface area contributed by atoms with Crippen molar-refractivity contribution in [3.8, 4) is 0 Å². The lowest BCUT2D eigenvalue weighted by atomic mass is 9.92. The van der Waals surface area contributed by atoms with Crippen molar-refractivity contribution in [1.29, 1.82) is 0 Å². The van der Waals surface area contributed by atoms with E-state index in [1.54, 1.807) is 0 Å². The molecule has 0 aromatic carbocycles. The second kappa shape index (κ2) is 3.55. The van der Waals surface area contributed by atoms with Gasteiger partial charge in [-0.15, -0.1) is 11.6 Å². The van der Waals surface area contributed by atoms with Crippen molar-refractivity contribution in [3.05, 3.63) is 0 Å². The third-order valence-electron chi connectivity index (χ3n) is 2.48. The average molecular weight is 190 g/mol. The van der Waals surface area contributed by atoms with Gasteiger partial charge in [-0.05, 0) is 31.2 Å². The lowest BCUT2D eigenvalue weighted by molar-refractivity contribution is 0.354. The Balaban J connectivity index is 2.10. The average Bonchev–Trinajstić information content (AvgIpc) is 2.67. The molecule has 0 aliphatic heterocycles. The Morgan fingerprint density at radius 1 is 1.33 bits per heavy atom. The summed E-state index contributed by atoms with van der Waals surface area (Å²) < 4.78 is 0. The minimum absolute atomic E-state index is 0.326. The summed E-state index contributed by atoms with van der Waals surface area (Å²) in [6.45, 7) is 7.93. The first-order valence-electron chi connectivity index (χ1n) is 4.79. The molecule has 0 atom stereocenters. The molecule has 0 spiro atoms. The Labute approximate surface area is 80.9 Å². The van der Waals surface area contributed by atoms with Crippen molar-refractivity contribution >= 4 is 11.6 Å². The lowest BCUT2D eigenvalue weighted by Gasteiger charge is -2.21. The van der Waals surface area contributed by atoms with Crippen LogP contribution in [0.3, 0.4) is 0 Å². The maximum absolute atomic E-state index is 5.84. The molecule has 1 N–H and O–H groups in total. The molecule has 0 bridgehead atoms. The Kier molecular flexibility index (Phi) is 3.06. The van der Waals surface area contributed by atoms with E-state index < -0.39 is 0 Å². The molecule has 1 aliphatic carbocycles. The normalized spacial score (nSPS) is 21.0. The van der Waals surface area contributed by atoms with Crippen LogP contribution in [0.25, 0.3) is 0 Å². The molecular weight excluding hydrogens is 170 g/mol. The highest BCUT2D eigenvalue weighted by atomic mass is 35.5. The number of halogens is 1. The number of nitrogens with one attached hydrogen (secondary N) is 1. The molecule has 0 unspecified atom stereocenters. The molecule has 1 rings (SSSR count). The van der Waals surface area contributed by atoms with Gasteiger partial charge in [0.15, 0.2) is 0 Å². The monoisotopic (exact) mass is 189 g/mol. The fourth-order valence-corrected chi connectivity index (χ4v) is 1.57. The van der Waals surface area contributed by atoms with Gasteiger partial charge < -0.3 is 5.32 Å². The molecule has 1 nitrogen and oxygen atoms in total. The van der Waals surface area contributed by atoms with Crippen molar-refractivity contribution in [3.63, 3.8) is 0 Å². The van der Waals surface area contributed by atoms with E-state index in [4.69, 9.17) is 11.6 Å². The second-order valence-electron chi connectivity index (χ2n) is 5.15. The van der Waals surface area contributed by atoms with Crippen LogP contribution < -0.4 is 5.32 Å². The molecule has 0 aromatic rings. The van der Waals surface area contributed by atoms with Gasteiger partial charge in [0, 0.05) is 11.4 Å². The van der Waals surface area contributed by atoms with Gasteiger partial charge in [-0.1, -0.05) is 20.8 Å². The van der Waals surface area contributed by atoms with Crippen LogP contribution in [0.2, 0.25) is 0 Å². The maximum Gasteiger partial charge on any atom is 0.0406 e. The summed E-state index contributed by atoms with van der Waals surface area (Å²) >= 11 is 5.84. The molecule has 0 aromatic heterocycles. The predicted molar refractivity (Wildman–Crippen MR) is 54.8 cm³/mol. The van der Waals surface area contributed by atoms with Gasteiger partial charge in [-0.2, -0.15) is 0 Å². The summed E-state index contributed by atoms with van der Waals surface area (Å²) in [4.78, 5) is 0. The van der Waals surface area contributed by atoms with Gasteiger partial charge in [0.2, 0.25) is 0 Å². The molecule has 72 valence electrons. The van der Waals surface area contributed by atoms with Crippen LogP contribution in [0.15, 0.2) is 0 Å². The van der Waals surface area contributed by atoms with Crippen molar-refractivity contribution in [2.24, 2.45) is 5.41 Å². The van der Waals surface area contributed by atoms with Crippen LogP contribution in [0.4, 0.5) is 0 Å². The number of hydrogen-bond donors (Lipinski definition) is 1. The van der Waals surface area contributed by atoms with Crippen LogP contribution in [0.1, 0.15) is 40.0 Å². The van der Waals surface area contributed by atoms with E-state index in [1.165, 1.54) is 19.3 Å². The third-order valence-corrected chi connectivity index (χ3v) is 3.00. The van der Waals surface area contributed by atoms with Crippen LogP contribution in [-0.2, 0) is 0 Å². The molecule has 1 aliphatic rings. The van der Waals surface area contributed by atoms with E-state index in [0.29, 0.717) is 11.0 Å². The first-order valence-corrected chi connectivity index (χ1v) is 5.32. The van der Waals surface area contributed by atoms with E-state index in [2.05, 4.69) is 26.1 Å². The SMILES string of the molecule is CC(C)(C)CCNC1(CCl)CC1. The number of alkyl halides is 1. The summed E-state index contributed by atoms with van der Waals surface area (Å²) in [5.41, 5.74) is 0.766. The van der Waals surface area contributed by atoms with Crippen molar-refractivity contribution in [2.45, 2.75) is 45.6 Å². The summed E-state index contributed by atoms with van der Waals surface area (Å²) in [6.07, 6.45) is 3.76. The van der Waals surface area contributed by atoms with E-state index >= 15 is 0 Å². The highest BCUT2D eigenvalue weighted by Gasteiger charge is 2.40. The zero-order valence-electron chi connectivity index (χ0n) is 8.41. The Bertz CT molecular complexity index is 144. The topological polar surface area (TPSA) is 12.0 Å². The molecule has 0 heterocycles. The zero-order chi connectivity index (χ0) is 9.24. The van der Waals surface area contributed by atoms with Gasteiger partial charge in [0.05, 0.1) is 0 Å². The maximum atomic E-state index is 5.84. The molecule has 0 amide bonds. The summed E-state index contributed by atoms with van der Waals surface area (Å²) in [5.74, 6) is 0.775. The summed E-state index contributed by atoms with van der Waals surface area (Å²) in [7, 11) is 0. The van der Waals surface area contributed by atoms with Gasteiger partial charge in [-0.3, -0.25) is 0 Å². The smallest absolute Gasteiger partial charge is 0.0406 e. The molecular formula is C10H20ClN. The summed E-state index contributed by atoms with van der Waals surface area (Å²) in [5, 5.41) is 3.54. The number of rotatable bonds is 4. The van der Waals surface area contributed by atoms with Gasteiger partial charge in [-0.25, -0.2) is 0 Å². The van der Waals surface area contributed by atoms with Crippen molar-refractivity contribution < 1.29 is 0 Å². The van der Waals surface area contributed by atoms with Gasteiger partial charge in [0.25, 0.3) is 0 Å². The second-order valence-corrected chi connectivity index (χ2v) is 5.42. The predicted octanol–water partition coefficient (Wildman–Crippen LogP) is 2.78. The van der Waals surface area contributed by atoms with Crippen molar-refractivity contribution in [2.75, 3.05) is 12.4 Å². The van der Waals surface area contributed by atoms with Crippen LogP contribution in [-0.4, -0.2) is 18.0 Å². The van der Waals surface area contributed by atoms with Crippen molar-refractivity contribution in [1.82, 2.24) is 5.32 Å². The first-order chi connectivity index (χ1) is 5.47. The highest BCUT2D eigenvalue weighted by Crippen LogP contribution is 2.36. The molecule has 1 saturated carbocycles. The van der Waals surface area contributed by atoms with E-state index in [1.807, 2.05) is 0 Å². The zero-order valence-corrected chi connectivity index (χ0v) is 9.17. The summed E-state index contributed by atoms with van der Waals surface area (Å²) in [6, 6.07) is 0. The van der Waals surface area contributed by atoms with Crippen LogP contribution in [0.5, 0.6) is 0 Å². The number of hydrogen-bond acceptors (Lipinski definition) is 1. The fraction of sp³-hybridized carbons (Fsp3) is 1.00. The first kappa shape index (κ1) is 10.3. The highest BCUT2D eigenvalue weighted by molar-refractivity contribution is 6.18. The minimum Gasteiger partial charge on any atom is -0.310 e. The Hall–Kier alpha value is 0.250. The lowest BCUT2D eigenvalue weighted by Crippen LogP contribution is -2.35. The standard InChI is InChI=1S/C10H20ClN/c1-9(2,3)6-7-12-10(8-11)4-5-10/h12H,4-8H2,1-3H3. The fourth-order valence-electron chi connectivity index (χ4n) is 1.21. The van der Waals surface area contributed by atoms with E-state index in [9.17, 15) is 0 Å². The largest absolute Gasteiger partial charge is 0.310 e. The molecule has 12 heavy (non-hydrogen) atoms. The minimum atomic E-state index is 0.326. The molecule has 0 saturated heterocycles. The van der Waals surface area contributed by atoms with Gasteiger partial charge in [0.1, 0.15) is 0 Å². The van der Waals surface area contributed by atoms with E-state index in [0.717, 1.165) is 12.4 Å². The molecule has 0 radical (unpaired) electrons.